The molecule has 0 radical (unpaired) electrons. The highest BCUT2D eigenvalue weighted by atomic mass is 28.4. The van der Waals surface area contributed by atoms with Crippen LogP contribution in [0.1, 0.15) is 52.1 Å². The predicted molar refractivity (Wildman–Crippen MR) is 95.7 cm³/mol. The Kier molecular flexibility index (Phi) is 5.64. The molecule has 0 spiro atoms. The predicted octanol–water partition coefficient (Wildman–Crippen LogP) is 5.06. The molecule has 0 aromatic carbocycles. The Labute approximate surface area is 149 Å². The van der Waals surface area contributed by atoms with Crippen molar-refractivity contribution in [2.24, 2.45) is 5.92 Å². The highest BCUT2D eigenvalue weighted by molar-refractivity contribution is 6.74. The van der Waals surface area contributed by atoms with Crippen LogP contribution in [0.25, 0.3) is 0 Å². The summed E-state index contributed by atoms with van der Waals surface area (Å²) in [6, 6.07) is 0.909. The fraction of sp³-hybridized carbons (Fsp3) is 0.824. The molecule has 1 aromatic heterocycles. The van der Waals surface area contributed by atoms with E-state index in [1.807, 2.05) is 0 Å². The van der Waals surface area contributed by atoms with Gasteiger partial charge in [-0.1, -0.05) is 20.8 Å². The summed E-state index contributed by atoms with van der Waals surface area (Å²) in [6.07, 6.45) is -0.688. The summed E-state index contributed by atoms with van der Waals surface area (Å²) in [7, 11) is -1.80. The van der Waals surface area contributed by atoms with E-state index >= 15 is 0 Å². The first kappa shape index (κ1) is 20.3. The SMILES string of the molecule is CC(C)(C)[Si](C)(C)O[C@H]1CC[C@H](Cn2nc(N)cc2C(F)(F)F)CC1. The third kappa shape index (κ3) is 5.00. The first-order valence-corrected chi connectivity index (χ1v) is 11.8. The van der Waals surface area contributed by atoms with Crippen LogP contribution in [-0.2, 0) is 17.1 Å². The minimum absolute atomic E-state index is 0.0812. The molecule has 1 aromatic rings. The molecule has 0 amide bonds. The lowest BCUT2D eigenvalue weighted by Crippen LogP contribution is -2.44. The first-order chi connectivity index (χ1) is 11.3. The van der Waals surface area contributed by atoms with Crippen LogP contribution < -0.4 is 5.73 Å². The maximum Gasteiger partial charge on any atom is 0.433 e. The van der Waals surface area contributed by atoms with E-state index in [0.717, 1.165) is 36.4 Å². The third-order valence-corrected chi connectivity index (χ3v) is 10.1. The van der Waals surface area contributed by atoms with Crippen molar-refractivity contribution >= 4 is 14.1 Å². The van der Waals surface area contributed by atoms with Crippen molar-refractivity contribution < 1.29 is 17.6 Å². The topological polar surface area (TPSA) is 53.1 Å². The second kappa shape index (κ2) is 6.94. The van der Waals surface area contributed by atoms with Crippen molar-refractivity contribution in [1.82, 2.24) is 9.78 Å². The molecular weight excluding hydrogens is 347 g/mol. The van der Waals surface area contributed by atoms with Crippen molar-refractivity contribution in [1.29, 1.82) is 0 Å². The Hall–Kier alpha value is -1.02. The lowest BCUT2D eigenvalue weighted by atomic mass is 9.87. The van der Waals surface area contributed by atoms with E-state index in [2.05, 4.69) is 39.0 Å². The molecular formula is C17H30F3N3OSi. The van der Waals surface area contributed by atoms with E-state index in [1.165, 1.54) is 0 Å². The number of aromatic nitrogens is 2. The van der Waals surface area contributed by atoms with Gasteiger partial charge in [-0.25, -0.2) is 0 Å². The molecule has 1 aliphatic rings. The number of alkyl halides is 3. The maximum atomic E-state index is 13.0. The number of anilines is 1. The summed E-state index contributed by atoms with van der Waals surface area (Å²) in [6.45, 7) is 11.4. The van der Waals surface area contributed by atoms with Gasteiger partial charge in [-0.05, 0) is 49.7 Å². The molecule has 1 saturated carbocycles. The zero-order chi connectivity index (χ0) is 19.0. The van der Waals surface area contributed by atoms with E-state index in [4.69, 9.17) is 10.2 Å². The molecule has 4 nitrogen and oxygen atoms in total. The molecule has 0 saturated heterocycles. The van der Waals surface area contributed by atoms with Crippen molar-refractivity contribution in [3.8, 4) is 0 Å². The Morgan fingerprint density at radius 3 is 2.24 bits per heavy atom. The fourth-order valence-corrected chi connectivity index (χ4v) is 4.50. The van der Waals surface area contributed by atoms with Crippen LogP contribution in [0, 0.1) is 5.92 Å². The molecule has 2 N–H and O–H groups in total. The molecule has 2 rings (SSSR count). The van der Waals surface area contributed by atoms with Gasteiger partial charge in [0.15, 0.2) is 8.32 Å². The number of nitrogen functional groups attached to an aromatic ring is 1. The lowest BCUT2D eigenvalue weighted by Gasteiger charge is -2.41. The van der Waals surface area contributed by atoms with Gasteiger partial charge >= 0.3 is 6.18 Å². The van der Waals surface area contributed by atoms with Crippen molar-refractivity contribution in [3.05, 3.63) is 11.8 Å². The smallest absolute Gasteiger partial charge is 0.414 e. The van der Waals surface area contributed by atoms with Gasteiger partial charge in [0.2, 0.25) is 0 Å². The third-order valence-electron chi connectivity index (χ3n) is 5.58. The quantitative estimate of drug-likeness (QED) is 0.746. The van der Waals surface area contributed by atoms with Crippen molar-refractivity contribution in [2.45, 2.75) is 83.4 Å². The molecule has 1 fully saturated rings. The summed E-state index contributed by atoms with van der Waals surface area (Å²) < 4.78 is 46.6. The monoisotopic (exact) mass is 377 g/mol. The van der Waals surface area contributed by atoms with Crippen LogP contribution in [-0.4, -0.2) is 24.2 Å². The molecule has 1 heterocycles. The molecule has 144 valence electrons. The average Bonchev–Trinajstić information content (AvgIpc) is 2.80. The zero-order valence-electron chi connectivity index (χ0n) is 15.8. The van der Waals surface area contributed by atoms with Gasteiger partial charge < -0.3 is 10.2 Å². The van der Waals surface area contributed by atoms with Gasteiger partial charge in [-0.3, -0.25) is 4.68 Å². The normalized spacial score (nSPS) is 23.0. The van der Waals surface area contributed by atoms with Crippen LogP contribution in [0.4, 0.5) is 19.0 Å². The van der Waals surface area contributed by atoms with Crippen LogP contribution >= 0.6 is 0 Å². The van der Waals surface area contributed by atoms with E-state index < -0.39 is 20.2 Å². The van der Waals surface area contributed by atoms with Crippen LogP contribution in [0.5, 0.6) is 0 Å². The summed E-state index contributed by atoms with van der Waals surface area (Å²) >= 11 is 0. The lowest BCUT2D eigenvalue weighted by molar-refractivity contribution is -0.144. The Morgan fingerprint density at radius 1 is 1.20 bits per heavy atom. The van der Waals surface area contributed by atoms with Gasteiger partial charge in [0.05, 0.1) is 0 Å². The minimum Gasteiger partial charge on any atom is -0.414 e. The van der Waals surface area contributed by atoms with Crippen molar-refractivity contribution in [2.75, 3.05) is 5.73 Å². The number of nitrogens with zero attached hydrogens (tertiary/aromatic N) is 2. The average molecular weight is 378 g/mol. The molecule has 8 heteroatoms. The standard InChI is InChI=1S/C17H30F3N3OSi/c1-16(2,3)25(4,5)24-13-8-6-12(7-9-13)11-23-14(17(18,19)20)10-15(21)22-23/h10,12-13H,6-9,11H2,1-5H3,(H2,21,22)/t12-,13-. The number of rotatable bonds is 4. The highest BCUT2D eigenvalue weighted by Crippen LogP contribution is 2.40. The van der Waals surface area contributed by atoms with E-state index in [1.54, 1.807) is 0 Å². The molecule has 0 unspecified atom stereocenters. The fourth-order valence-electron chi connectivity index (χ4n) is 3.07. The largest absolute Gasteiger partial charge is 0.433 e. The second-order valence-corrected chi connectivity index (χ2v) is 13.4. The molecule has 0 atom stereocenters. The Balaban J connectivity index is 1.94. The number of hydrogen-bond acceptors (Lipinski definition) is 3. The minimum atomic E-state index is -4.42. The zero-order valence-corrected chi connectivity index (χ0v) is 16.8. The van der Waals surface area contributed by atoms with Gasteiger partial charge in [-0.15, -0.1) is 0 Å². The summed E-state index contributed by atoms with van der Waals surface area (Å²) in [5.74, 6) is 0.0990. The van der Waals surface area contributed by atoms with Gasteiger partial charge in [0, 0.05) is 18.7 Å². The van der Waals surface area contributed by atoms with Gasteiger partial charge in [0.25, 0.3) is 0 Å². The van der Waals surface area contributed by atoms with Crippen molar-refractivity contribution in [3.63, 3.8) is 0 Å². The second-order valence-electron chi connectivity index (χ2n) is 8.66. The van der Waals surface area contributed by atoms with Crippen LogP contribution in [0.3, 0.4) is 0 Å². The van der Waals surface area contributed by atoms with E-state index in [9.17, 15) is 13.2 Å². The maximum absolute atomic E-state index is 13.0. The van der Waals surface area contributed by atoms with Crippen LogP contribution in [0.15, 0.2) is 6.07 Å². The first-order valence-electron chi connectivity index (χ1n) is 8.88. The number of nitrogens with two attached hydrogens (primary N) is 1. The number of halogens is 3. The summed E-state index contributed by atoms with van der Waals surface area (Å²) in [5, 5.41) is 4.00. The van der Waals surface area contributed by atoms with Crippen LogP contribution in [0.2, 0.25) is 18.1 Å². The summed E-state index contributed by atoms with van der Waals surface area (Å²) in [5.41, 5.74) is 4.71. The van der Waals surface area contributed by atoms with E-state index in [-0.39, 0.29) is 29.4 Å². The Morgan fingerprint density at radius 2 is 1.76 bits per heavy atom. The summed E-state index contributed by atoms with van der Waals surface area (Å²) in [4.78, 5) is 0. The molecule has 25 heavy (non-hydrogen) atoms. The molecule has 0 bridgehead atoms. The highest BCUT2D eigenvalue weighted by Gasteiger charge is 2.40. The van der Waals surface area contributed by atoms with Gasteiger partial charge in [0.1, 0.15) is 11.5 Å². The molecule has 1 aliphatic carbocycles. The Bertz CT molecular complexity index is 585. The molecule has 0 aliphatic heterocycles. The van der Waals surface area contributed by atoms with E-state index in [0.29, 0.717) is 0 Å². The number of hydrogen-bond donors (Lipinski definition) is 1. The van der Waals surface area contributed by atoms with Gasteiger partial charge in [-0.2, -0.15) is 18.3 Å².